The van der Waals surface area contributed by atoms with Crippen LogP contribution in [0.5, 0.6) is 5.75 Å². The highest BCUT2D eigenvalue weighted by Crippen LogP contribution is 2.25. The van der Waals surface area contributed by atoms with Gasteiger partial charge < -0.3 is 14.6 Å². The Morgan fingerprint density at radius 1 is 1.47 bits per heavy atom. The van der Waals surface area contributed by atoms with Gasteiger partial charge in [-0.3, -0.25) is 0 Å². The lowest BCUT2D eigenvalue weighted by molar-refractivity contribution is 0.399. The van der Waals surface area contributed by atoms with Gasteiger partial charge in [0.15, 0.2) is 0 Å². The lowest BCUT2D eigenvalue weighted by Crippen LogP contribution is -2.20. The lowest BCUT2D eigenvalue weighted by Gasteiger charge is -2.17. The summed E-state index contributed by atoms with van der Waals surface area (Å²) in [6, 6.07) is 4.51. The van der Waals surface area contributed by atoms with Crippen LogP contribution < -0.4 is 10.1 Å². The van der Waals surface area contributed by atoms with E-state index in [4.69, 9.17) is 4.74 Å². The first-order valence-corrected chi connectivity index (χ1v) is 6.15. The van der Waals surface area contributed by atoms with Crippen LogP contribution in [0.2, 0.25) is 0 Å². The number of hydrogen-bond donors (Lipinski definition) is 1. The summed E-state index contributed by atoms with van der Waals surface area (Å²) in [5.41, 5.74) is 0.803. The first-order valence-electron chi connectivity index (χ1n) is 6.15. The fourth-order valence-corrected chi connectivity index (χ4v) is 1.96. The van der Waals surface area contributed by atoms with E-state index in [9.17, 15) is 4.39 Å². The van der Waals surface area contributed by atoms with Crippen molar-refractivity contribution in [3.05, 3.63) is 47.8 Å². The number of imidazole rings is 1. The summed E-state index contributed by atoms with van der Waals surface area (Å²) in [5.74, 6) is 1.35. The minimum atomic E-state index is -0.263. The van der Waals surface area contributed by atoms with Crippen molar-refractivity contribution in [2.24, 2.45) is 7.05 Å². The Balaban J connectivity index is 2.09. The molecular weight excluding hydrogens is 245 g/mol. The molecule has 0 aliphatic rings. The zero-order valence-corrected chi connectivity index (χ0v) is 11.4. The SMILES string of the molecule is COc1ccc(F)cc1C(C)NCc1nccn1C. The molecule has 1 heterocycles. The predicted octanol–water partition coefficient (Wildman–Crippen LogP) is 2.42. The fourth-order valence-electron chi connectivity index (χ4n) is 1.96. The summed E-state index contributed by atoms with van der Waals surface area (Å²) in [7, 11) is 3.53. The number of halogens is 1. The largest absolute Gasteiger partial charge is 0.496 e. The topological polar surface area (TPSA) is 39.1 Å². The van der Waals surface area contributed by atoms with Gasteiger partial charge in [-0.2, -0.15) is 0 Å². The van der Waals surface area contributed by atoms with Gasteiger partial charge in [0.1, 0.15) is 17.4 Å². The molecule has 102 valence electrons. The van der Waals surface area contributed by atoms with Crippen LogP contribution in [-0.4, -0.2) is 16.7 Å². The number of nitrogens with zero attached hydrogens (tertiary/aromatic N) is 2. The van der Waals surface area contributed by atoms with Crippen molar-refractivity contribution in [3.63, 3.8) is 0 Å². The molecule has 4 nitrogen and oxygen atoms in total. The molecule has 0 amide bonds. The Morgan fingerprint density at radius 3 is 2.89 bits per heavy atom. The molecule has 0 aliphatic heterocycles. The van der Waals surface area contributed by atoms with Crippen molar-refractivity contribution in [3.8, 4) is 5.75 Å². The van der Waals surface area contributed by atoms with E-state index >= 15 is 0 Å². The number of aromatic nitrogens is 2. The van der Waals surface area contributed by atoms with Gasteiger partial charge in [0.2, 0.25) is 0 Å². The predicted molar refractivity (Wildman–Crippen MR) is 71.4 cm³/mol. The van der Waals surface area contributed by atoms with Crippen LogP contribution in [0.3, 0.4) is 0 Å². The molecule has 1 N–H and O–H groups in total. The second-order valence-electron chi connectivity index (χ2n) is 4.44. The summed E-state index contributed by atoms with van der Waals surface area (Å²) in [6.07, 6.45) is 3.65. The highest BCUT2D eigenvalue weighted by Gasteiger charge is 2.12. The number of rotatable bonds is 5. The van der Waals surface area contributed by atoms with Crippen LogP contribution in [0.4, 0.5) is 4.39 Å². The van der Waals surface area contributed by atoms with Gasteiger partial charge >= 0.3 is 0 Å². The summed E-state index contributed by atoms with van der Waals surface area (Å²) in [5, 5.41) is 3.31. The molecule has 0 radical (unpaired) electrons. The first kappa shape index (κ1) is 13.5. The molecule has 1 aromatic carbocycles. The van der Waals surface area contributed by atoms with Crippen molar-refractivity contribution in [1.82, 2.24) is 14.9 Å². The standard InChI is InChI=1S/C14H18FN3O/c1-10(17-9-14-16-6-7-18(14)2)12-8-11(15)4-5-13(12)19-3/h4-8,10,17H,9H2,1-3H3. The number of hydrogen-bond acceptors (Lipinski definition) is 3. The maximum absolute atomic E-state index is 13.3. The third-order valence-corrected chi connectivity index (χ3v) is 3.15. The smallest absolute Gasteiger partial charge is 0.123 e. The highest BCUT2D eigenvalue weighted by atomic mass is 19.1. The Bertz CT molecular complexity index is 553. The molecular formula is C14H18FN3O. The fraction of sp³-hybridized carbons (Fsp3) is 0.357. The van der Waals surface area contributed by atoms with E-state index in [1.807, 2.05) is 24.7 Å². The zero-order chi connectivity index (χ0) is 13.8. The maximum atomic E-state index is 13.3. The Morgan fingerprint density at radius 2 is 2.26 bits per heavy atom. The zero-order valence-electron chi connectivity index (χ0n) is 11.4. The van der Waals surface area contributed by atoms with Gasteiger partial charge in [-0.05, 0) is 25.1 Å². The summed E-state index contributed by atoms with van der Waals surface area (Å²) in [4.78, 5) is 4.24. The molecule has 1 aromatic heterocycles. The third kappa shape index (κ3) is 3.12. The molecule has 19 heavy (non-hydrogen) atoms. The van der Waals surface area contributed by atoms with Crippen molar-refractivity contribution in [2.45, 2.75) is 19.5 Å². The summed E-state index contributed by atoms with van der Waals surface area (Å²) < 4.78 is 20.5. The molecule has 5 heteroatoms. The molecule has 2 rings (SSSR count). The summed E-state index contributed by atoms with van der Waals surface area (Å²) in [6.45, 7) is 2.59. The third-order valence-electron chi connectivity index (χ3n) is 3.15. The minimum Gasteiger partial charge on any atom is -0.496 e. The molecule has 2 aromatic rings. The van der Waals surface area contributed by atoms with Crippen molar-refractivity contribution in [2.75, 3.05) is 7.11 Å². The van der Waals surface area contributed by atoms with Gasteiger partial charge in [-0.25, -0.2) is 9.37 Å². The lowest BCUT2D eigenvalue weighted by atomic mass is 10.1. The molecule has 0 saturated carbocycles. The van der Waals surface area contributed by atoms with E-state index in [1.54, 1.807) is 19.4 Å². The van der Waals surface area contributed by atoms with Crippen molar-refractivity contribution < 1.29 is 9.13 Å². The Hall–Kier alpha value is -1.88. The van der Waals surface area contributed by atoms with Crippen molar-refractivity contribution >= 4 is 0 Å². The van der Waals surface area contributed by atoms with Gasteiger partial charge in [-0.1, -0.05) is 0 Å². The first-order chi connectivity index (χ1) is 9.11. The molecule has 1 unspecified atom stereocenters. The van der Waals surface area contributed by atoms with Crippen LogP contribution in [0.15, 0.2) is 30.6 Å². The van der Waals surface area contributed by atoms with Gasteiger partial charge in [-0.15, -0.1) is 0 Å². The molecule has 0 saturated heterocycles. The molecule has 0 spiro atoms. The number of aryl methyl sites for hydroxylation is 1. The maximum Gasteiger partial charge on any atom is 0.123 e. The quantitative estimate of drug-likeness (QED) is 0.900. The second-order valence-corrected chi connectivity index (χ2v) is 4.44. The number of ether oxygens (including phenoxy) is 1. The van der Waals surface area contributed by atoms with E-state index in [1.165, 1.54) is 12.1 Å². The van der Waals surface area contributed by atoms with E-state index < -0.39 is 0 Å². The van der Waals surface area contributed by atoms with Crippen LogP contribution in [0, 0.1) is 5.82 Å². The van der Waals surface area contributed by atoms with Crippen LogP contribution in [0.25, 0.3) is 0 Å². The van der Waals surface area contributed by atoms with E-state index in [0.29, 0.717) is 12.3 Å². The number of nitrogens with one attached hydrogen (secondary N) is 1. The van der Waals surface area contributed by atoms with Crippen LogP contribution >= 0.6 is 0 Å². The van der Waals surface area contributed by atoms with Crippen LogP contribution in [0.1, 0.15) is 24.4 Å². The van der Waals surface area contributed by atoms with Gasteiger partial charge in [0.25, 0.3) is 0 Å². The molecule has 0 bridgehead atoms. The van der Waals surface area contributed by atoms with Crippen LogP contribution in [-0.2, 0) is 13.6 Å². The Labute approximate surface area is 112 Å². The average Bonchev–Trinajstić information content (AvgIpc) is 2.81. The van der Waals surface area contributed by atoms with E-state index in [-0.39, 0.29) is 11.9 Å². The normalized spacial score (nSPS) is 12.4. The summed E-state index contributed by atoms with van der Waals surface area (Å²) >= 11 is 0. The minimum absolute atomic E-state index is 0.0256. The molecule has 0 fully saturated rings. The number of benzene rings is 1. The van der Waals surface area contributed by atoms with Gasteiger partial charge in [0.05, 0.1) is 13.7 Å². The molecule has 1 atom stereocenters. The average molecular weight is 263 g/mol. The monoisotopic (exact) mass is 263 g/mol. The van der Waals surface area contributed by atoms with Crippen molar-refractivity contribution in [1.29, 1.82) is 0 Å². The Kier molecular flexibility index (Phi) is 4.16. The highest BCUT2D eigenvalue weighted by molar-refractivity contribution is 5.36. The van der Waals surface area contributed by atoms with E-state index in [0.717, 1.165) is 11.4 Å². The molecule has 0 aliphatic carbocycles. The second kappa shape index (κ2) is 5.84. The van der Waals surface area contributed by atoms with Gasteiger partial charge in [0, 0.05) is 31.0 Å². The van der Waals surface area contributed by atoms with E-state index in [2.05, 4.69) is 10.3 Å². The number of methoxy groups -OCH3 is 1.